The molecule has 0 aliphatic rings. The Hall–Kier alpha value is -0.400. The molecule has 19 heavy (non-hydrogen) atoms. The molecule has 0 spiro atoms. The molecule has 0 aromatic heterocycles. The van der Waals surface area contributed by atoms with E-state index in [0.29, 0.717) is 12.8 Å². The van der Waals surface area contributed by atoms with Gasteiger partial charge in [-0.2, -0.15) is 0 Å². The summed E-state index contributed by atoms with van der Waals surface area (Å²) in [6.07, 6.45) is 0.755. The van der Waals surface area contributed by atoms with Crippen molar-refractivity contribution in [2.24, 2.45) is 5.73 Å². The number of hydrogen-bond donors (Lipinski definition) is 10. The van der Waals surface area contributed by atoms with Crippen molar-refractivity contribution in [1.82, 2.24) is 0 Å². The maximum atomic E-state index is 9.51. The van der Waals surface area contributed by atoms with Crippen LogP contribution in [0.1, 0.15) is 26.2 Å². The van der Waals surface area contributed by atoms with Crippen LogP contribution in [0.5, 0.6) is 0 Å². The molecule has 10 heteroatoms. The highest BCUT2D eigenvalue weighted by Crippen LogP contribution is 2.35. The summed E-state index contributed by atoms with van der Waals surface area (Å²) in [7, 11) is 0. The van der Waals surface area contributed by atoms with Crippen LogP contribution in [0.3, 0.4) is 0 Å². The van der Waals surface area contributed by atoms with Crippen LogP contribution in [-0.2, 0) is 0 Å². The van der Waals surface area contributed by atoms with Crippen molar-refractivity contribution in [3.63, 3.8) is 0 Å². The summed E-state index contributed by atoms with van der Waals surface area (Å²) in [4.78, 5) is 0. The minimum absolute atomic E-state index is 0.155. The average Bonchev–Trinajstić information content (AvgIpc) is 2.23. The highest BCUT2D eigenvalue weighted by molar-refractivity contribution is 5.01. The summed E-state index contributed by atoms with van der Waals surface area (Å²) in [5.41, 5.74) is 5.28. The van der Waals surface area contributed by atoms with Gasteiger partial charge in [-0.1, -0.05) is 19.8 Å². The summed E-state index contributed by atoms with van der Waals surface area (Å²) in [6, 6.07) is -1.77. The lowest BCUT2D eigenvalue weighted by Crippen LogP contribution is -2.79. The second-order valence-electron chi connectivity index (χ2n) is 4.45. The highest BCUT2D eigenvalue weighted by Gasteiger charge is 2.71. The molecule has 1 unspecified atom stereocenters. The number of unbranched alkanes of at least 4 members (excludes halogenated alkanes) is 1. The van der Waals surface area contributed by atoms with Crippen LogP contribution in [0.2, 0.25) is 0 Å². The first-order valence-corrected chi connectivity index (χ1v) is 5.50. The van der Waals surface area contributed by atoms with Gasteiger partial charge in [-0.25, -0.2) is 0 Å². The molecule has 10 nitrogen and oxygen atoms in total. The Bertz CT molecular complexity index is 297. The monoisotopic (exact) mass is 287 g/mol. The fourth-order valence-corrected chi connectivity index (χ4v) is 1.37. The first-order chi connectivity index (χ1) is 8.23. The van der Waals surface area contributed by atoms with Gasteiger partial charge in [-0.3, -0.25) is 0 Å². The summed E-state index contributed by atoms with van der Waals surface area (Å²) < 4.78 is 0. The van der Waals surface area contributed by atoms with Gasteiger partial charge in [0, 0.05) is 0 Å². The van der Waals surface area contributed by atoms with Gasteiger partial charge in [-0.05, 0) is 6.42 Å². The number of nitrogens with two attached hydrogens (primary N) is 1. The molecular weight excluding hydrogens is 266 g/mol. The van der Waals surface area contributed by atoms with Crippen LogP contribution in [0.4, 0.5) is 0 Å². The molecule has 116 valence electrons. The molecule has 1 atom stereocenters. The quantitative estimate of drug-likeness (QED) is 0.202. The molecular formula is C9H21NO9. The molecule has 0 aromatic rings. The predicted octanol–water partition coefficient (Wildman–Crippen LogP) is -4.82. The Morgan fingerprint density at radius 1 is 0.842 bits per heavy atom. The third-order valence-corrected chi connectivity index (χ3v) is 2.85. The topological polar surface area (TPSA) is 208 Å². The fourth-order valence-electron chi connectivity index (χ4n) is 1.37. The van der Waals surface area contributed by atoms with Gasteiger partial charge in [0.2, 0.25) is 5.79 Å². The third-order valence-electron chi connectivity index (χ3n) is 2.85. The van der Waals surface area contributed by atoms with E-state index < -0.39 is 29.4 Å². The molecule has 0 saturated heterocycles. The third kappa shape index (κ3) is 3.20. The van der Waals surface area contributed by atoms with Crippen LogP contribution in [0, 0.1) is 0 Å². The van der Waals surface area contributed by atoms with Crippen molar-refractivity contribution in [1.29, 1.82) is 0 Å². The Kier molecular flexibility index (Phi) is 5.42. The first-order valence-electron chi connectivity index (χ1n) is 5.50. The molecule has 0 fully saturated rings. The van der Waals surface area contributed by atoms with E-state index in [1.807, 2.05) is 0 Å². The van der Waals surface area contributed by atoms with E-state index in [9.17, 15) is 20.4 Å². The summed E-state index contributed by atoms with van der Waals surface area (Å²) >= 11 is 0. The molecule has 0 bridgehead atoms. The standard InChI is InChI=1S/C9H21NO9/c1-2-3-4-5(10)6(11,12)7(13,14)8(15,16)9(17,18)19/h5,11-19H,2-4,10H2,1H3. The van der Waals surface area contributed by atoms with Crippen LogP contribution in [0.25, 0.3) is 0 Å². The Labute approximate surface area is 108 Å². The second-order valence-corrected chi connectivity index (χ2v) is 4.45. The Balaban J connectivity index is 5.38. The van der Waals surface area contributed by atoms with E-state index in [0.717, 1.165) is 0 Å². The van der Waals surface area contributed by atoms with Crippen molar-refractivity contribution in [2.75, 3.05) is 0 Å². The Morgan fingerprint density at radius 3 is 1.58 bits per heavy atom. The summed E-state index contributed by atoms with van der Waals surface area (Å²) in [5.74, 6) is -17.1. The van der Waals surface area contributed by atoms with Crippen molar-refractivity contribution >= 4 is 0 Å². The van der Waals surface area contributed by atoms with E-state index in [-0.39, 0.29) is 6.42 Å². The van der Waals surface area contributed by atoms with Gasteiger partial charge < -0.3 is 51.7 Å². The van der Waals surface area contributed by atoms with Crippen LogP contribution < -0.4 is 5.73 Å². The molecule has 0 aromatic carbocycles. The van der Waals surface area contributed by atoms with Crippen molar-refractivity contribution < 1.29 is 46.0 Å². The zero-order valence-electron chi connectivity index (χ0n) is 10.3. The number of aliphatic hydroxyl groups is 9. The SMILES string of the molecule is CCCCC(N)C(O)(O)C(O)(O)C(O)(O)C(O)(O)O. The maximum absolute atomic E-state index is 9.51. The first kappa shape index (κ1) is 18.6. The zero-order valence-corrected chi connectivity index (χ0v) is 10.3. The van der Waals surface area contributed by atoms with Gasteiger partial charge in [0.15, 0.2) is 0 Å². The van der Waals surface area contributed by atoms with E-state index >= 15 is 0 Å². The van der Waals surface area contributed by atoms with Crippen LogP contribution in [-0.4, -0.2) is 75.3 Å². The van der Waals surface area contributed by atoms with Crippen molar-refractivity contribution in [3.05, 3.63) is 0 Å². The second kappa shape index (κ2) is 5.54. The van der Waals surface area contributed by atoms with Gasteiger partial charge in [-0.15, -0.1) is 0 Å². The van der Waals surface area contributed by atoms with Crippen molar-refractivity contribution in [3.8, 4) is 0 Å². The minimum atomic E-state index is -4.51. The van der Waals surface area contributed by atoms with Gasteiger partial charge in [0.05, 0.1) is 6.04 Å². The van der Waals surface area contributed by atoms with Crippen LogP contribution in [0.15, 0.2) is 0 Å². The fraction of sp³-hybridized carbons (Fsp3) is 1.00. The van der Waals surface area contributed by atoms with Gasteiger partial charge >= 0.3 is 11.8 Å². The predicted molar refractivity (Wildman–Crippen MR) is 58.4 cm³/mol. The molecule has 0 amide bonds. The lowest BCUT2D eigenvalue weighted by atomic mass is 9.87. The summed E-state index contributed by atoms with van der Waals surface area (Å²) in [6.45, 7) is 1.73. The normalized spacial score (nSPS) is 16.6. The molecule has 0 aliphatic carbocycles. The van der Waals surface area contributed by atoms with E-state index in [1.165, 1.54) is 0 Å². The van der Waals surface area contributed by atoms with Gasteiger partial charge in [0.1, 0.15) is 0 Å². The molecule has 0 aliphatic heterocycles. The molecule has 0 radical (unpaired) electrons. The van der Waals surface area contributed by atoms with E-state index in [4.69, 9.17) is 31.3 Å². The lowest BCUT2D eigenvalue weighted by molar-refractivity contribution is -0.545. The average molecular weight is 287 g/mol. The molecule has 11 N–H and O–H groups in total. The molecule has 0 saturated carbocycles. The largest absolute Gasteiger partial charge is 0.360 e. The van der Waals surface area contributed by atoms with E-state index in [1.54, 1.807) is 6.92 Å². The number of rotatable bonds is 7. The van der Waals surface area contributed by atoms with E-state index in [2.05, 4.69) is 0 Å². The summed E-state index contributed by atoms with van der Waals surface area (Å²) in [5, 5.41) is 81.9. The maximum Gasteiger partial charge on any atom is 0.338 e. The zero-order chi connectivity index (χ0) is 15.7. The van der Waals surface area contributed by atoms with Crippen LogP contribution >= 0.6 is 0 Å². The molecule has 0 heterocycles. The smallest absolute Gasteiger partial charge is 0.338 e. The van der Waals surface area contributed by atoms with Gasteiger partial charge in [0.25, 0.3) is 5.79 Å². The lowest BCUT2D eigenvalue weighted by Gasteiger charge is -2.47. The minimum Gasteiger partial charge on any atom is -0.360 e. The number of hydrogen-bond acceptors (Lipinski definition) is 10. The highest BCUT2D eigenvalue weighted by atomic mass is 16.8. The Morgan fingerprint density at radius 2 is 1.26 bits per heavy atom. The molecule has 0 rings (SSSR count). The van der Waals surface area contributed by atoms with Crippen molar-refractivity contribution in [2.45, 2.75) is 55.6 Å².